The van der Waals surface area contributed by atoms with Gasteiger partial charge in [-0.1, -0.05) is 0 Å². The molecule has 16 heavy (non-hydrogen) atoms. The molecule has 1 heterocycles. The molecule has 0 radical (unpaired) electrons. The van der Waals surface area contributed by atoms with Crippen molar-refractivity contribution in [1.82, 2.24) is 9.80 Å². The highest BCUT2D eigenvalue weighted by Gasteiger charge is 2.32. The summed E-state index contributed by atoms with van der Waals surface area (Å²) in [5.74, 6) is 0.170. The van der Waals surface area contributed by atoms with E-state index in [0.717, 1.165) is 0 Å². The van der Waals surface area contributed by atoms with Crippen LogP contribution in [-0.2, 0) is 4.79 Å². The molecule has 0 bridgehead atoms. The van der Waals surface area contributed by atoms with E-state index in [1.807, 2.05) is 0 Å². The Labute approximate surface area is 97.1 Å². The summed E-state index contributed by atoms with van der Waals surface area (Å²) in [7, 11) is 0. The van der Waals surface area contributed by atoms with Gasteiger partial charge in [0.25, 0.3) is 0 Å². The summed E-state index contributed by atoms with van der Waals surface area (Å²) >= 11 is 5.42. The van der Waals surface area contributed by atoms with E-state index in [0.29, 0.717) is 13.1 Å². The molecule has 1 fully saturated rings. The number of amides is 1. The summed E-state index contributed by atoms with van der Waals surface area (Å²) in [6.45, 7) is 0.350. The van der Waals surface area contributed by atoms with Gasteiger partial charge in [0.05, 0.1) is 6.54 Å². The SMILES string of the molecule is O=C(CCCl)N1CCN(CC(F)(F)F)CC1. The van der Waals surface area contributed by atoms with Crippen LogP contribution in [0, 0.1) is 0 Å². The third kappa shape index (κ3) is 4.57. The van der Waals surface area contributed by atoms with E-state index in [2.05, 4.69) is 0 Å². The molecule has 1 aliphatic heterocycles. The number of piperazine rings is 1. The van der Waals surface area contributed by atoms with Gasteiger partial charge in [0.2, 0.25) is 5.91 Å². The molecule has 0 aliphatic carbocycles. The molecule has 94 valence electrons. The Kier molecular flexibility index (Phi) is 4.86. The predicted molar refractivity (Wildman–Crippen MR) is 54.4 cm³/mol. The number of rotatable bonds is 3. The number of alkyl halides is 4. The van der Waals surface area contributed by atoms with Gasteiger partial charge in [-0.25, -0.2) is 0 Å². The van der Waals surface area contributed by atoms with Crippen LogP contribution < -0.4 is 0 Å². The van der Waals surface area contributed by atoms with Crippen molar-refractivity contribution in [2.75, 3.05) is 38.6 Å². The van der Waals surface area contributed by atoms with Gasteiger partial charge in [0.15, 0.2) is 0 Å². The summed E-state index contributed by atoms with van der Waals surface area (Å²) in [5, 5.41) is 0. The largest absolute Gasteiger partial charge is 0.401 e. The zero-order chi connectivity index (χ0) is 12.2. The monoisotopic (exact) mass is 258 g/mol. The molecule has 0 aromatic heterocycles. The van der Waals surface area contributed by atoms with Crippen LogP contribution in [0.5, 0.6) is 0 Å². The summed E-state index contributed by atoms with van der Waals surface area (Å²) in [6, 6.07) is 0. The van der Waals surface area contributed by atoms with Gasteiger partial charge < -0.3 is 4.90 Å². The molecular formula is C9H14ClF3N2O. The van der Waals surface area contributed by atoms with Crippen molar-refractivity contribution >= 4 is 17.5 Å². The zero-order valence-electron chi connectivity index (χ0n) is 8.76. The van der Waals surface area contributed by atoms with Gasteiger partial charge in [0, 0.05) is 38.5 Å². The smallest absolute Gasteiger partial charge is 0.340 e. The number of halogens is 4. The van der Waals surface area contributed by atoms with E-state index in [1.54, 1.807) is 4.90 Å². The van der Waals surface area contributed by atoms with Crippen LogP contribution in [0.3, 0.4) is 0 Å². The second kappa shape index (κ2) is 5.72. The van der Waals surface area contributed by atoms with Crippen molar-refractivity contribution in [2.24, 2.45) is 0 Å². The van der Waals surface area contributed by atoms with Gasteiger partial charge in [-0.05, 0) is 0 Å². The van der Waals surface area contributed by atoms with E-state index in [-0.39, 0.29) is 31.3 Å². The Morgan fingerprint density at radius 2 is 1.75 bits per heavy atom. The fourth-order valence-corrected chi connectivity index (χ4v) is 1.81. The van der Waals surface area contributed by atoms with Crippen LogP contribution >= 0.6 is 11.6 Å². The normalized spacial score (nSPS) is 18.9. The lowest BCUT2D eigenvalue weighted by Gasteiger charge is -2.34. The maximum atomic E-state index is 12.1. The van der Waals surface area contributed by atoms with Crippen molar-refractivity contribution in [3.05, 3.63) is 0 Å². The second-order valence-corrected chi connectivity index (χ2v) is 4.09. The van der Waals surface area contributed by atoms with Gasteiger partial charge >= 0.3 is 6.18 Å². The highest BCUT2D eigenvalue weighted by molar-refractivity contribution is 6.18. The first-order chi connectivity index (χ1) is 7.42. The minimum absolute atomic E-state index is 0.0818. The summed E-state index contributed by atoms with van der Waals surface area (Å²) in [5.41, 5.74) is 0. The van der Waals surface area contributed by atoms with Gasteiger partial charge in [-0.15, -0.1) is 11.6 Å². The average molecular weight is 259 g/mol. The van der Waals surface area contributed by atoms with Crippen molar-refractivity contribution in [3.63, 3.8) is 0 Å². The number of carbonyl (C=O) groups excluding carboxylic acids is 1. The maximum absolute atomic E-state index is 12.1. The first-order valence-corrected chi connectivity index (χ1v) is 5.58. The Morgan fingerprint density at radius 3 is 2.19 bits per heavy atom. The molecule has 0 aromatic rings. The van der Waals surface area contributed by atoms with Gasteiger partial charge in [-0.2, -0.15) is 13.2 Å². The Balaban J connectivity index is 2.31. The number of hydrogen-bond donors (Lipinski definition) is 0. The lowest BCUT2D eigenvalue weighted by molar-refractivity contribution is -0.151. The predicted octanol–water partition coefficient (Wildman–Crippen LogP) is 1.32. The van der Waals surface area contributed by atoms with Crippen LogP contribution in [0.15, 0.2) is 0 Å². The Morgan fingerprint density at radius 1 is 1.19 bits per heavy atom. The van der Waals surface area contributed by atoms with E-state index in [1.165, 1.54) is 4.90 Å². The first-order valence-electron chi connectivity index (χ1n) is 5.05. The van der Waals surface area contributed by atoms with Crippen molar-refractivity contribution in [3.8, 4) is 0 Å². The molecule has 1 aliphatic rings. The first kappa shape index (κ1) is 13.6. The van der Waals surface area contributed by atoms with Crippen LogP contribution in [-0.4, -0.2) is 60.5 Å². The molecular weight excluding hydrogens is 245 g/mol. The van der Waals surface area contributed by atoms with Crippen LogP contribution in [0.4, 0.5) is 13.2 Å². The lowest BCUT2D eigenvalue weighted by atomic mass is 10.3. The summed E-state index contributed by atoms with van der Waals surface area (Å²) in [6.07, 6.45) is -3.91. The van der Waals surface area contributed by atoms with E-state index < -0.39 is 12.7 Å². The van der Waals surface area contributed by atoms with Gasteiger partial charge in [0.1, 0.15) is 0 Å². The van der Waals surface area contributed by atoms with Crippen LogP contribution in [0.2, 0.25) is 0 Å². The fraction of sp³-hybridized carbons (Fsp3) is 0.889. The van der Waals surface area contributed by atoms with Crippen LogP contribution in [0.25, 0.3) is 0 Å². The summed E-state index contributed by atoms with van der Waals surface area (Å²) < 4.78 is 36.2. The molecule has 7 heteroatoms. The molecule has 0 atom stereocenters. The molecule has 1 saturated heterocycles. The molecule has 0 saturated carbocycles. The van der Waals surface area contributed by atoms with Gasteiger partial charge in [-0.3, -0.25) is 9.69 Å². The Hall–Kier alpha value is -0.490. The third-order valence-electron chi connectivity index (χ3n) is 2.44. The second-order valence-electron chi connectivity index (χ2n) is 3.71. The van der Waals surface area contributed by atoms with Crippen LogP contribution in [0.1, 0.15) is 6.42 Å². The lowest BCUT2D eigenvalue weighted by Crippen LogP contribution is -2.50. The third-order valence-corrected chi connectivity index (χ3v) is 2.63. The maximum Gasteiger partial charge on any atom is 0.401 e. The average Bonchev–Trinajstić information content (AvgIpc) is 2.16. The minimum atomic E-state index is -4.16. The van der Waals surface area contributed by atoms with Crippen molar-refractivity contribution in [2.45, 2.75) is 12.6 Å². The fourth-order valence-electron chi connectivity index (χ4n) is 1.65. The minimum Gasteiger partial charge on any atom is -0.340 e. The van der Waals surface area contributed by atoms with E-state index >= 15 is 0 Å². The molecule has 3 nitrogen and oxygen atoms in total. The molecule has 0 spiro atoms. The highest BCUT2D eigenvalue weighted by Crippen LogP contribution is 2.17. The van der Waals surface area contributed by atoms with Crippen molar-refractivity contribution < 1.29 is 18.0 Å². The molecule has 1 amide bonds. The standard InChI is InChI=1S/C9H14ClF3N2O/c10-2-1-8(16)15-5-3-14(4-6-15)7-9(11,12)13/h1-7H2. The number of nitrogens with zero attached hydrogens (tertiary/aromatic N) is 2. The van der Waals surface area contributed by atoms with E-state index in [9.17, 15) is 18.0 Å². The number of carbonyl (C=O) groups is 1. The van der Waals surface area contributed by atoms with Crippen molar-refractivity contribution in [1.29, 1.82) is 0 Å². The molecule has 0 unspecified atom stereocenters. The molecule has 0 N–H and O–H groups in total. The number of hydrogen-bond acceptors (Lipinski definition) is 2. The Bertz CT molecular complexity index is 239. The zero-order valence-corrected chi connectivity index (χ0v) is 9.52. The molecule has 1 rings (SSSR count). The summed E-state index contributed by atoms with van der Waals surface area (Å²) in [4.78, 5) is 14.3. The topological polar surface area (TPSA) is 23.6 Å². The quantitative estimate of drug-likeness (QED) is 0.713. The highest BCUT2D eigenvalue weighted by atomic mass is 35.5. The van der Waals surface area contributed by atoms with E-state index in [4.69, 9.17) is 11.6 Å². The molecule has 0 aromatic carbocycles.